The molecule has 3 rings (SSSR count). The summed E-state index contributed by atoms with van der Waals surface area (Å²) in [5.74, 6) is 5.89. The van der Waals surface area contributed by atoms with Gasteiger partial charge in [-0.05, 0) is 68.7 Å². The van der Waals surface area contributed by atoms with E-state index in [-0.39, 0.29) is 17.5 Å². The quantitative estimate of drug-likeness (QED) is 0.835. The van der Waals surface area contributed by atoms with Crippen LogP contribution in [-0.4, -0.2) is 15.9 Å². The predicted octanol–water partition coefficient (Wildman–Crippen LogP) is 4.48. The summed E-state index contributed by atoms with van der Waals surface area (Å²) in [6, 6.07) is 9.77. The van der Waals surface area contributed by atoms with E-state index in [0.29, 0.717) is 18.4 Å². The number of carbonyl (C=O) groups is 1. The maximum atomic E-state index is 13.0. The van der Waals surface area contributed by atoms with Gasteiger partial charge in [-0.3, -0.25) is 9.78 Å². The fourth-order valence-corrected chi connectivity index (χ4v) is 3.75. The molecule has 1 aliphatic carbocycles. The van der Waals surface area contributed by atoms with Gasteiger partial charge in [0.1, 0.15) is 5.76 Å². The number of aliphatic hydroxyl groups is 1. The summed E-state index contributed by atoms with van der Waals surface area (Å²) in [5, 5.41) is 10.5. The second kappa shape index (κ2) is 7.17. The molecule has 0 saturated heterocycles. The number of pyridine rings is 1. The number of aliphatic hydroxyl groups excluding tert-OH is 1. The largest absolute Gasteiger partial charge is 0.512 e. The summed E-state index contributed by atoms with van der Waals surface area (Å²) in [7, 11) is 0. The van der Waals surface area contributed by atoms with E-state index in [0.717, 1.165) is 33.6 Å². The minimum atomic E-state index is -0.256. The summed E-state index contributed by atoms with van der Waals surface area (Å²) in [4.78, 5) is 17.5. The second-order valence-electron chi connectivity index (χ2n) is 6.92. The van der Waals surface area contributed by atoms with E-state index < -0.39 is 0 Å². The molecule has 1 aromatic heterocycles. The fourth-order valence-electron chi connectivity index (χ4n) is 3.75. The highest BCUT2D eigenvalue weighted by molar-refractivity contribution is 6.25. The number of carbonyl (C=O) groups excluding carboxylic acids is 1. The first-order chi connectivity index (χ1) is 12.4. The van der Waals surface area contributed by atoms with Gasteiger partial charge in [0.05, 0.1) is 5.57 Å². The Labute approximate surface area is 154 Å². The monoisotopic (exact) mass is 345 g/mol. The van der Waals surface area contributed by atoms with Gasteiger partial charge in [0.15, 0.2) is 5.78 Å². The SMILES string of the molecule is CC#Cc1cc(C)c(C2=C(O)CC(Cc3cccc(C)n3)C2=O)c(C)c1. The van der Waals surface area contributed by atoms with Crippen molar-refractivity contribution < 1.29 is 9.90 Å². The van der Waals surface area contributed by atoms with Crippen molar-refractivity contribution in [2.45, 2.75) is 40.5 Å². The molecule has 0 aliphatic heterocycles. The minimum absolute atomic E-state index is 0.00586. The van der Waals surface area contributed by atoms with E-state index in [1.807, 2.05) is 51.1 Å². The number of aromatic nitrogens is 1. The molecule has 2 aromatic rings. The Hall–Kier alpha value is -2.86. The average Bonchev–Trinajstić information content (AvgIpc) is 2.82. The molecule has 0 spiro atoms. The van der Waals surface area contributed by atoms with Gasteiger partial charge >= 0.3 is 0 Å². The van der Waals surface area contributed by atoms with Gasteiger partial charge in [0, 0.05) is 35.7 Å². The van der Waals surface area contributed by atoms with Crippen molar-refractivity contribution in [3.05, 3.63) is 69.7 Å². The first-order valence-corrected chi connectivity index (χ1v) is 8.84. The Morgan fingerprint density at radius 3 is 2.50 bits per heavy atom. The number of nitrogens with zero attached hydrogens (tertiary/aromatic N) is 1. The van der Waals surface area contributed by atoms with Crippen LogP contribution in [0, 0.1) is 38.5 Å². The number of Topliss-reactive ketones (excluding diaryl/α,β-unsaturated/α-hetero) is 1. The summed E-state index contributed by atoms with van der Waals surface area (Å²) in [5.41, 5.74) is 5.99. The lowest BCUT2D eigenvalue weighted by atomic mass is 9.89. The van der Waals surface area contributed by atoms with E-state index in [1.54, 1.807) is 6.92 Å². The van der Waals surface area contributed by atoms with Crippen LogP contribution in [-0.2, 0) is 11.2 Å². The molecular weight excluding hydrogens is 322 g/mol. The van der Waals surface area contributed by atoms with E-state index >= 15 is 0 Å². The number of benzene rings is 1. The standard InChI is InChI=1S/C23H23NO2/c1-5-7-17-10-14(2)21(15(3)11-17)22-20(25)13-18(23(22)26)12-19-9-6-8-16(4)24-19/h6,8-11,18,25H,12-13H2,1-4H3. The van der Waals surface area contributed by atoms with Crippen LogP contribution in [0.3, 0.4) is 0 Å². The molecule has 0 fully saturated rings. The topological polar surface area (TPSA) is 50.2 Å². The van der Waals surface area contributed by atoms with Gasteiger partial charge < -0.3 is 5.11 Å². The van der Waals surface area contributed by atoms with Gasteiger partial charge in [-0.1, -0.05) is 12.0 Å². The molecule has 3 heteroatoms. The Bertz CT molecular complexity index is 950. The highest BCUT2D eigenvalue weighted by Crippen LogP contribution is 2.38. The average molecular weight is 345 g/mol. The van der Waals surface area contributed by atoms with Crippen molar-refractivity contribution in [1.29, 1.82) is 0 Å². The highest BCUT2D eigenvalue weighted by Gasteiger charge is 2.35. The lowest BCUT2D eigenvalue weighted by Gasteiger charge is -2.13. The summed E-state index contributed by atoms with van der Waals surface area (Å²) in [6.07, 6.45) is 0.921. The number of aryl methyl sites for hydroxylation is 3. The molecule has 0 bridgehead atoms. The lowest BCUT2D eigenvalue weighted by molar-refractivity contribution is -0.116. The zero-order valence-corrected chi connectivity index (χ0v) is 15.7. The highest BCUT2D eigenvalue weighted by atomic mass is 16.3. The predicted molar refractivity (Wildman–Crippen MR) is 104 cm³/mol. The van der Waals surface area contributed by atoms with Crippen LogP contribution < -0.4 is 0 Å². The van der Waals surface area contributed by atoms with Crippen molar-refractivity contribution in [3.63, 3.8) is 0 Å². The van der Waals surface area contributed by atoms with Gasteiger partial charge in [-0.25, -0.2) is 0 Å². The van der Waals surface area contributed by atoms with Crippen molar-refractivity contribution in [1.82, 2.24) is 4.98 Å². The van der Waals surface area contributed by atoms with Crippen LogP contribution in [0.25, 0.3) is 5.57 Å². The molecular formula is C23H23NO2. The van der Waals surface area contributed by atoms with Gasteiger partial charge in [0.2, 0.25) is 0 Å². The van der Waals surface area contributed by atoms with Gasteiger partial charge in [-0.2, -0.15) is 0 Å². The van der Waals surface area contributed by atoms with Gasteiger partial charge in [0.25, 0.3) is 0 Å². The van der Waals surface area contributed by atoms with Crippen LogP contribution in [0.4, 0.5) is 0 Å². The third kappa shape index (κ3) is 3.41. The molecule has 0 amide bonds. The molecule has 0 saturated carbocycles. The first kappa shape index (κ1) is 17.9. The fraction of sp³-hybridized carbons (Fsp3) is 0.304. The maximum Gasteiger partial charge on any atom is 0.170 e. The van der Waals surface area contributed by atoms with Crippen LogP contribution in [0.15, 0.2) is 36.1 Å². The Morgan fingerprint density at radius 1 is 1.19 bits per heavy atom. The third-order valence-corrected chi connectivity index (χ3v) is 4.80. The Balaban J connectivity index is 1.93. The zero-order chi connectivity index (χ0) is 18.8. The van der Waals surface area contributed by atoms with Crippen molar-refractivity contribution in [3.8, 4) is 11.8 Å². The minimum Gasteiger partial charge on any atom is -0.512 e. The molecule has 1 atom stereocenters. The molecule has 26 heavy (non-hydrogen) atoms. The zero-order valence-electron chi connectivity index (χ0n) is 15.7. The van der Waals surface area contributed by atoms with Crippen LogP contribution in [0.5, 0.6) is 0 Å². The normalized spacial score (nSPS) is 16.6. The molecule has 0 radical (unpaired) electrons. The molecule has 3 nitrogen and oxygen atoms in total. The number of allylic oxidation sites excluding steroid dienone is 2. The maximum absolute atomic E-state index is 13.0. The summed E-state index contributed by atoms with van der Waals surface area (Å²) >= 11 is 0. The van der Waals surface area contributed by atoms with Crippen molar-refractivity contribution in [2.75, 3.05) is 0 Å². The molecule has 1 aliphatic rings. The Kier molecular flexibility index (Phi) is 4.95. The molecule has 1 N–H and O–H groups in total. The van der Waals surface area contributed by atoms with E-state index in [4.69, 9.17) is 0 Å². The number of ketones is 1. The molecule has 132 valence electrons. The molecule has 1 unspecified atom stereocenters. The van der Waals surface area contributed by atoms with Gasteiger partial charge in [-0.15, -0.1) is 5.92 Å². The molecule has 1 aromatic carbocycles. The van der Waals surface area contributed by atoms with Crippen LogP contribution in [0.2, 0.25) is 0 Å². The summed E-state index contributed by atoms with van der Waals surface area (Å²) < 4.78 is 0. The Morgan fingerprint density at radius 2 is 1.88 bits per heavy atom. The number of hydrogen-bond acceptors (Lipinski definition) is 3. The second-order valence-corrected chi connectivity index (χ2v) is 6.92. The van der Waals surface area contributed by atoms with E-state index in [2.05, 4.69) is 16.8 Å². The van der Waals surface area contributed by atoms with Crippen LogP contribution in [0.1, 0.15) is 47.0 Å². The smallest absolute Gasteiger partial charge is 0.170 e. The first-order valence-electron chi connectivity index (χ1n) is 8.84. The molecule has 1 heterocycles. The van der Waals surface area contributed by atoms with Crippen LogP contribution >= 0.6 is 0 Å². The third-order valence-electron chi connectivity index (χ3n) is 4.80. The van der Waals surface area contributed by atoms with E-state index in [1.165, 1.54) is 0 Å². The lowest BCUT2D eigenvalue weighted by Crippen LogP contribution is -2.14. The van der Waals surface area contributed by atoms with E-state index in [9.17, 15) is 9.90 Å². The number of rotatable bonds is 3. The van der Waals surface area contributed by atoms with Crippen molar-refractivity contribution in [2.24, 2.45) is 5.92 Å². The summed E-state index contributed by atoms with van der Waals surface area (Å²) in [6.45, 7) is 7.67. The van der Waals surface area contributed by atoms with Crippen molar-refractivity contribution >= 4 is 11.4 Å². The number of hydrogen-bond donors (Lipinski definition) is 1.